The molecule has 0 saturated heterocycles. The summed E-state index contributed by atoms with van der Waals surface area (Å²) < 4.78 is 16.2. The average molecular weight is 287 g/mol. The molecule has 1 N–H and O–H groups in total. The minimum Gasteiger partial charge on any atom is -0.477 e. The summed E-state index contributed by atoms with van der Waals surface area (Å²) in [6.45, 7) is 3.60. The lowest BCUT2D eigenvalue weighted by molar-refractivity contribution is 0.0692. The van der Waals surface area contributed by atoms with E-state index in [0.29, 0.717) is 28.6 Å². The molecule has 6 heteroatoms. The number of aromatic carboxylic acids is 1. The first kappa shape index (κ1) is 13.2. The van der Waals surface area contributed by atoms with Crippen LogP contribution in [0.5, 0.6) is 23.0 Å². The van der Waals surface area contributed by atoms with Crippen LogP contribution in [0.2, 0.25) is 0 Å². The van der Waals surface area contributed by atoms with Crippen LogP contribution in [-0.4, -0.2) is 22.9 Å². The van der Waals surface area contributed by atoms with Gasteiger partial charge in [0.1, 0.15) is 17.1 Å². The van der Waals surface area contributed by atoms with Crippen LogP contribution in [0, 0.1) is 13.8 Å². The predicted molar refractivity (Wildman–Crippen MR) is 73.3 cm³/mol. The summed E-state index contributed by atoms with van der Waals surface area (Å²) in [6.07, 6.45) is 0. The highest BCUT2D eigenvalue weighted by atomic mass is 16.7. The third-order valence-corrected chi connectivity index (χ3v) is 3.08. The van der Waals surface area contributed by atoms with Crippen LogP contribution in [0.15, 0.2) is 24.3 Å². The number of benzene rings is 1. The fraction of sp³-hybridized carbons (Fsp3) is 0.200. The Morgan fingerprint density at radius 3 is 2.76 bits per heavy atom. The molecule has 0 aliphatic carbocycles. The smallest absolute Gasteiger partial charge is 0.341 e. The molecule has 2 aromatic rings. The Morgan fingerprint density at radius 2 is 2.00 bits per heavy atom. The lowest BCUT2D eigenvalue weighted by atomic mass is 10.1. The monoisotopic (exact) mass is 287 g/mol. The van der Waals surface area contributed by atoms with Crippen molar-refractivity contribution >= 4 is 5.97 Å². The van der Waals surface area contributed by atoms with E-state index in [9.17, 15) is 9.90 Å². The van der Waals surface area contributed by atoms with Gasteiger partial charge in [0.2, 0.25) is 6.79 Å². The molecule has 0 spiro atoms. The van der Waals surface area contributed by atoms with Gasteiger partial charge in [-0.15, -0.1) is 0 Å². The van der Waals surface area contributed by atoms with Crippen LogP contribution >= 0.6 is 0 Å². The molecule has 21 heavy (non-hydrogen) atoms. The molecule has 0 atom stereocenters. The Kier molecular flexibility index (Phi) is 3.13. The summed E-state index contributed by atoms with van der Waals surface area (Å²) in [7, 11) is 0. The molecule has 1 aromatic heterocycles. The van der Waals surface area contributed by atoms with Crippen molar-refractivity contribution in [2.45, 2.75) is 13.8 Å². The van der Waals surface area contributed by atoms with Crippen LogP contribution in [0.4, 0.5) is 0 Å². The largest absolute Gasteiger partial charge is 0.477 e. The topological polar surface area (TPSA) is 77.9 Å². The van der Waals surface area contributed by atoms with Gasteiger partial charge in [-0.25, -0.2) is 4.79 Å². The number of hydrogen-bond donors (Lipinski definition) is 1. The van der Waals surface area contributed by atoms with Crippen molar-refractivity contribution in [3.8, 4) is 23.0 Å². The zero-order chi connectivity index (χ0) is 15.0. The molecule has 3 rings (SSSR count). The summed E-state index contributed by atoms with van der Waals surface area (Å²) in [5.41, 5.74) is 1.16. The van der Waals surface area contributed by atoms with Gasteiger partial charge in [-0.2, -0.15) is 0 Å². The van der Waals surface area contributed by atoms with E-state index in [1.807, 2.05) is 0 Å². The van der Waals surface area contributed by atoms with Gasteiger partial charge in [-0.1, -0.05) is 0 Å². The lowest BCUT2D eigenvalue weighted by Gasteiger charge is -2.11. The zero-order valence-corrected chi connectivity index (χ0v) is 11.5. The van der Waals surface area contributed by atoms with Crippen molar-refractivity contribution in [1.29, 1.82) is 0 Å². The maximum Gasteiger partial charge on any atom is 0.341 e. The summed E-state index contributed by atoms with van der Waals surface area (Å²) >= 11 is 0. The predicted octanol–water partition coefficient (Wildman–Crippen LogP) is 2.92. The molecule has 1 aliphatic heterocycles. The Morgan fingerprint density at radius 1 is 1.24 bits per heavy atom. The molecule has 0 radical (unpaired) electrons. The highest BCUT2D eigenvalue weighted by Crippen LogP contribution is 2.37. The van der Waals surface area contributed by atoms with Gasteiger partial charge in [0, 0.05) is 17.8 Å². The fourth-order valence-electron chi connectivity index (χ4n) is 2.20. The van der Waals surface area contributed by atoms with Gasteiger partial charge in [0.05, 0.1) is 5.69 Å². The minimum atomic E-state index is -1.07. The molecule has 0 saturated carbocycles. The van der Waals surface area contributed by atoms with Gasteiger partial charge >= 0.3 is 5.97 Å². The van der Waals surface area contributed by atoms with Crippen molar-refractivity contribution in [1.82, 2.24) is 4.98 Å². The van der Waals surface area contributed by atoms with Crippen LogP contribution in [0.25, 0.3) is 0 Å². The van der Waals surface area contributed by atoms with Gasteiger partial charge in [-0.3, -0.25) is 4.98 Å². The van der Waals surface area contributed by atoms with Crippen molar-refractivity contribution in [3.63, 3.8) is 0 Å². The fourth-order valence-corrected chi connectivity index (χ4v) is 2.20. The number of carboxylic acid groups (broad SMARTS) is 1. The maximum absolute atomic E-state index is 11.4. The number of rotatable bonds is 3. The Balaban J connectivity index is 1.99. The van der Waals surface area contributed by atoms with E-state index in [0.717, 1.165) is 0 Å². The molecule has 0 unspecified atom stereocenters. The Hall–Kier alpha value is -2.76. The first-order chi connectivity index (χ1) is 10.0. The lowest BCUT2D eigenvalue weighted by Crippen LogP contribution is -2.06. The maximum atomic E-state index is 11.4. The van der Waals surface area contributed by atoms with E-state index in [2.05, 4.69) is 4.98 Å². The highest BCUT2D eigenvalue weighted by Gasteiger charge is 2.19. The number of aromatic nitrogens is 1. The third kappa shape index (κ3) is 2.47. The van der Waals surface area contributed by atoms with Crippen molar-refractivity contribution in [3.05, 3.63) is 41.2 Å². The number of carboxylic acids is 1. The first-order valence-electron chi connectivity index (χ1n) is 6.33. The van der Waals surface area contributed by atoms with Gasteiger partial charge in [0.25, 0.3) is 0 Å². The van der Waals surface area contributed by atoms with E-state index >= 15 is 0 Å². The quantitative estimate of drug-likeness (QED) is 0.935. The van der Waals surface area contributed by atoms with Gasteiger partial charge in [0.15, 0.2) is 11.5 Å². The van der Waals surface area contributed by atoms with E-state index in [1.165, 1.54) is 0 Å². The molecular formula is C15H13NO5. The molecule has 2 heterocycles. The number of aryl methyl sites for hydroxylation is 2. The van der Waals surface area contributed by atoms with Gasteiger partial charge in [-0.05, 0) is 26.0 Å². The minimum absolute atomic E-state index is 0.0540. The molecule has 108 valence electrons. The average Bonchev–Trinajstić information content (AvgIpc) is 2.84. The molecule has 0 amide bonds. The first-order valence-corrected chi connectivity index (χ1v) is 6.33. The number of ether oxygens (including phenoxy) is 3. The van der Waals surface area contributed by atoms with E-state index in [1.54, 1.807) is 38.1 Å². The Bertz CT molecular complexity index is 726. The molecule has 0 fully saturated rings. The van der Waals surface area contributed by atoms with E-state index in [-0.39, 0.29) is 18.1 Å². The van der Waals surface area contributed by atoms with Crippen LogP contribution in [0.1, 0.15) is 21.7 Å². The normalized spacial score (nSPS) is 12.3. The second kappa shape index (κ2) is 4.97. The SMILES string of the molecule is Cc1cc(Oc2ccc3c(c2)OCO3)c(C(=O)O)c(C)n1. The summed E-state index contributed by atoms with van der Waals surface area (Å²) in [5.74, 6) is 0.878. The van der Waals surface area contributed by atoms with Crippen molar-refractivity contribution in [2.75, 3.05) is 6.79 Å². The summed E-state index contributed by atoms with van der Waals surface area (Å²) in [6, 6.07) is 6.68. The number of carbonyl (C=O) groups is 1. The summed E-state index contributed by atoms with van der Waals surface area (Å²) in [4.78, 5) is 15.5. The van der Waals surface area contributed by atoms with Gasteiger partial charge < -0.3 is 19.3 Å². The van der Waals surface area contributed by atoms with Crippen molar-refractivity contribution in [2.24, 2.45) is 0 Å². The van der Waals surface area contributed by atoms with Crippen LogP contribution < -0.4 is 14.2 Å². The third-order valence-electron chi connectivity index (χ3n) is 3.08. The number of pyridine rings is 1. The molecule has 1 aliphatic rings. The molecule has 6 nitrogen and oxygen atoms in total. The number of fused-ring (bicyclic) bond motifs is 1. The van der Waals surface area contributed by atoms with E-state index in [4.69, 9.17) is 14.2 Å². The molecular weight excluding hydrogens is 274 g/mol. The van der Waals surface area contributed by atoms with E-state index < -0.39 is 5.97 Å². The van der Waals surface area contributed by atoms with Crippen LogP contribution in [-0.2, 0) is 0 Å². The molecule has 0 bridgehead atoms. The zero-order valence-electron chi connectivity index (χ0n) is 11.5. The standard InChI is InChI=1S/C15H13NO5/c1-8-5-13(14(15(17)18)9(2)16-8)21-10-3-4-11-12(6-10)20-7-19-11/h3-6H,7H2,1-2H3,(H,17,18). The number of nitrogens with zero attached hydrogens (tertiary/aromatic N) is 1. The van der Waals surface area contributed by atoms with Crippen molar-refractivity contribution < 1.29 is 24.1 Å². The van der Waals surface area contributed by atoms with Crippen LogP contribution in [0.3, 0.4) is 0 Å². The number of hydrogen-bond acceptors (Lipinski definition) is 5. The second-order valence-electron chi connectivity index (χ2n) is 4.64. The molecule has 1 aromatic carbocycles. The Labute approximate surface area is 120 Å². The summed E-state index contributed by atoms with van der Waals surface area (Å²) in [5, 5.41) is 9.31. The second-order valence-corrected chi connectivity index (χ2v) is 4.64. The highest BCUT2D eigenvalue weighted by molar-refractivity contribution is 5.92.